The van der Waals surface area contributed by atoms with Gasteiger partial charge in [0.1, 0.15) is 0 Å². The normalized spacial score (nSPS) is 14.4. The highest BCUT2D eigenvalue weighted by atomic mass is 32.2. The minimum Gasteiger partial charge on any atom is -0.361 e. The van der Waals surface area contributed by atoms with Gasteiger partial charge < -0.3 is 10.2 Å². The van der Waals surface area contributed by atoms with E-state index in [0.717, 1.165) is 17.9 Å². The van der Waals surface area contributed by atoms with Crippen LogP contribution in [0.25, 0.3) is 0 Å². The molecule has 2 nitrogen and oxygen atoms in total. The first-order valence-corrected chi connectivity index (χ1v) is 6.88. The van der Waals surface area contributed by atoms with Gasteiger partial charge in [-0.15, -0.1) is 11.8 Å². The van der Waals surface area contributed by atoms with Gasteiger partial charge >= 0.3 is 0 Å². The van der Waals surface area contributed by atoms with Crippen molar-refractivity contribution in [1.29, 1.82) is 0 Å². The summed E-state index contributed by atoms with van der Waals surface area (Å²) in [7, 11) is 1.97. The van der Waals surface area contributed by atoms with E-state index in [1.54, 1.807) is 0 Å². The fraction of sp³-hybridized carbons (Fsp3) is 0.636. The van der Waals surface area contributed by atoms with Crippen LogP contribution in [-0.2, 0) is 0 Å². The summed E-state index contributed by atoms with van der Waals surface area (Å²) in [5.41, 5.74) is 1.11. The maximum Gasteiger partial charge on any atom is 0.0895 e. The number of likely N-dealkylation sites (N-methyl/N-ethyl adjacent to an activating group) is 1. The molecule has 0 aromatic rings. The Morgan fingerprint density at radius 3 is 2.60 bits per heavy atom. The van der Waals surface area contributed by atoms with Gasteiger partial charge in [0.05, 0.1) is 5.37 Å². The number of thiol groups is 1. The van der Waals surface area contributed by atoms with Crippen LogP contribution in [0.15, 0.2) is 24.9 Å². The molecule has 0 heterocycles. The maximum atomic E-state index is 4.22. The lowest BCUT2D eigenvalue weighted by Crippen LogP contribution is -2.43. The van der Waals surface area contributed by atoms with E-state index < -0.39 is 0 Å². The standard InChI is InChI=1S/C11H22N2S2/c1-6-13(7-9(2)8-14)11(15-5)10(3)12-4/h6,10-12,14H,1-2,7-8H2,3-5H3/t10-,11?/m1/s1. The highest BCUT2D eigenvalue weighted by Gasteiger charge is 2.19. The van der Waals surface area contributed by atoms with E-state index in [1.165, 1.54) is 0 Å². The van der Waals surface area contributed by atoms with Crippen molar-refractivity contribution in [3.05, 3.63) is 24.9 Å². The Labute approximate surface area is 104 Å². The summed E-state index contributed by atoms with van der Waals surface area (Å²) in [4.78, 5) is 2.20. The molecule has 0 bridgehead atoms. The second kappa shape index (κ2) is 8.13. The van der Waals surface area contributed by atoms with Crippen molar-refractivity contribution in [1.82, 2.24) is 10.2 Å². The Morgan fingerprint density at radius 2 is 2.27 bits per heavy atom. The van der Waals surface area contributed by atoms with Crippen LogP contribution < -0.4 is 5.32 Å². The molecular formula is C11H22N2S2. The summed E-state index contributed by atoms with van der Waals surface area (Å²) in [6.07, 6.45) is 3.99. The third-order valence-electron chi connectivity index (χ3n) is 2.32. The summed E-state index contributed by atoms with van der Waals surface area (Å²) in [6.45, 7) is 10.8. The lowest BCUT2D eigenvalue weighted by Gasteiger charge is -2.33. The fourth-order valence-corrected chi connectivity index (χ4v) is 2.41. The first-order valence-electron chi connectivity index (χ1n) is 4.96. The van der Waals surface area contributed by atoms with Crippen LogP contribution in [0.1, 0.15) is 6.92 Å². The van der Waals surface area contributed by atoms with Crippen molar-refractivity contribution in [3.63, 3.8) is 0 Å². The van der Waals surface area contributed by atoms with Crippen molar-refractivity contribution < 1.29 is 0 Å². The largest absolute Gasteiger partial charge is 0.361 e. The SMILES string of the molecule is C=CN(CC(=C)CS)C(SC)[C@@H](C)NC. The second-order valence-corrected chi connectivity index (χ2v) is 4.74. The maximum absolute atomic E-state index is 4.22. The number of hydrogen-bond donors (Lipinski definition) is 2. The molecule has 0 amide bonds. The molecule has 0 rings (SSSR count). The van der Waals surface area contributed by atoms with E-state index in [-0.39, 0.29) is 0 Å². The monoisotopic (exact) mass is 246 g/mol. The van der Waals surface area contributed by atoms with Crippen molar-refractivity contribution >= 4 is 24.4 Å². The van der Waals surface area contributed by atoms with Gasteiger partial charge in [0, 0.05) is 18.3 Å². The Bertz CT molecular complexity index is 207. The molecule has 4 heteroatoms. The van der Waals surface area contributed by atoms with E-state index >= 15 is 0 Å². The van der Waals surface area contributed by atoms with E-state index in [9.17, 15) is 0 Å². The predicted molar refractivity (Wildman–Crippen MR) is 75.7 cm³/mol. The average Bonchev–Trinajstić information content (AvgIpc) is 2.27. The summed E-state index contributed by atoms with van der Waals surface area (Å²) < 4.78 is 0. The molecule has 0 spiro atoms. The number of thioether (sulfide) groups is 1. The van der Waals surface area contributed by atoms with Crippen molar-refractivity contribution in [2.45, 2.75) is 18.3 Å². The quantitative estimate of drug-likeness (QED) is 0.388. The van der Waals surface area contributed by atoms with Crippen LogP contribution in [0.5, 0.6) is 0 Å². The fourth-order valence-electron chi connectivity index (χ4n) is 1.34. The Balaban J connectivity index is 4.46. The zero-order valence-electron chi connectivity index (χ0n) is 9.86. The molecule has 0 fully saturated rings. The van der Waals surface area contributed by atoms with Crippen LogP contribution in [-0.4, -0.2) is 41.9 Å². The molecule has 1 N–H and O–H groups in total. The van der Waals surface area contributed by atoms with E-state index in [1.807, 2.05) is 25.0 Å². The molecule has 0 aliphatic heterocycles. The molecule has 0 aromatic heterocycles. The zero-order valence-corrected chi connectivity index (χ0v) is 11.6. The van der Waals surface area contributed by atoms with Gasteiger partial charge in [-0.2, -0.15) is 12.6 Å². The summed E-state index contributed by atoms with van der Waals surface area (Å²) in [5, 5.41) is 3.64. The topological polar surface area (TPSA) is 15.3 Å². The summed E-state index contributed by atoms with van der Waals surface area (Å²) in [5.74, 6) is 0.722. The van der Waals surface area contributed by atoms with Gasteiger partial charge in [-0.1, -0.05) is 13.2 Å². The Kier molecular flexibility index (Phi) is 8.10. The third-order valence-corrected chi connectivity index (χ3v) is 3.92. The molecule has 0 saturated heterocycles. The van der Waals surface area contributed by atoms with Gasteiger partial charge in [-0.25, -0.2) is 0 Å². The molecule has 0 radical (unpaired) electrons. The highest BCUT2D eigenvalue weighted by Crippen LogP contribution is 2.18. The van der Waals surface area contributed by atoms with E-state index in [0.29, 0.717) is 11.4 Å². The average molecular weight is 246 g/mol. The summed E-state index contributed by atoms with van der Waals surface area (Å²) in [6, 6.07) is 0.408. The number of nitrogens with zero attached hydrogens (tertiary/aromatic N) is 1. The second-order valence-electron chi connectivity index (χ2n) is 3.47. The summed E-state index contributed by atoms with van der Waals surface area (Å²) >= 11 is 6.03. The number of rotatable bonds is 8. The number of hydrogen-bond acceptors (Lipinski definition) is 4. The molecular weight excluding hydrogens is 224 g/mol. The molecule has 2 atom stereocenters. The van der Waals surface area contributed by atoms with E-state index in [2.05, 4.69) is 49.2 Å². The van der Waals surface area contributed by atoms with Gasteiger partial charge in [0.25, 0.3) is 0 Å². The molecule has 15 heavy (non-hydrogen) atoms. The van der Waals surface area contributed by atoms with Gasteiger partial charge in [-0.05, 0) is 32.0 Å². The van der Waals surface area contributed by atoms with Crippen molar-refractivity contribution in [3.8, 4) is 0 Å². The van der Waals surface area contributed by atoms with Gasteiger partial charge in [0.15, 0.2) is 0 Å². The minimum atomic E-state index is 0.379. The van der Waals surface area contributed by atoms with Crippen LogP contribution in [0.2, 0.25) is 0 Å². The minimum absolute atomic E-state index is 0.379. The Hall–Kier alpha value is -0.0600. The predicted octanol–water partition coefficient (Wildman–Crippen LogP) is 2.21. The highest BCUT2D eigenvalue weighted by molar-refractivity contribution is 7.99. The number of nitrogens with one attached hydrogen (secondary N) is 1. The van der Waals surface area contributed by atoms with Crippen LogP contribution in [0, 0.1) is 0 Å². The first kappa shape index (κ1) is 14.9. The van der Waals surface area contributed by atoms with Gasteiger partial charge in [0.2, 0.25) is 0 Å². The van der Waals surface area contributed by atoms with Crippen molar-refractivity contribution in [2.75, 3.05) is 25.6 Å². The van der Waals surface area contributed by atoms with Crippen LogP contribution in [0.4, 0.5) is 0 Å². The Morgan fingerprint density at radius 1 is 1.67 bits per heavy atom. The van der Waals surface area contributed by atoms with Gasteiger partial charge in [-0.3, -0.25) is 0 Å². The molecule has 1 unspecified atom stereocenters. The molecule has 0 aromatic carbocycles. The molecule has 0 aliphatic rings. The first-order chi connectivity index (χ1) is 7.10. The van der Waals surface area contributed by atoms with Crippen LogP contribution in [0.3, 0.4) is 0 Å². The lowest BCUT2D eigenvalue weighted by atomic mass is 10.2. The van der Waals surface area contributed by atoms with E-state index in [4.69, 9.17) is 0 Å². The lowest BCUT2D eigenvalue weighted by molar-refractivity contribution is 0.330. The molecule has 88 valence electrons. The third kappa shape index (κ3) is 5.00. The smallest absolute Gasteiger partial charge is 0.0895 e. The molecule has 0 aliphatic carbocycles. The molecule has 0 saturated carbocycles. The van der Waals surface area contributed by atoms with Crippen molar-refractivity contribution in [2.24, 2.45) is 0 Å². The zero-order chi connectivity index (χ0) is 11.8. The van der Waals surface area contributed by atoms with Crippen LogP contribution >= 0.6 is 24.4 Å².